The maximum atomic E-state index is 13.8. The Bertz CT molecular complexity index is 815. The summed E-state index contributed by atoms with van der Waals surface area (Å²) in [6, 6.07) is 6.97. The van der Waals surface area contributed by atoms with Gasteiger partial charge in [-0.15, -0.1) is 5.10 Å². The number of nitrogens with zero attached hydrogens (tertiary/aromatic N) is 4. The van der Waals surface area contributed by atoms with E-state index in [0.717, 1.165) is 16.8 Å². The Labute approximate surface area is 116 Å². The van der Waals surface area contributed by atoms with Crippen molar-refractivity contribution in [2.45, 2.75) is 0 Å². The average Bonchev–Trinajstić information content (AvgIpc) is 2.91. The smallest absolute Gasteiger partial charge is 0.187 e. The fourth-order valence-corrected chi connectivity index (χ4v) is 1.85. The molecule has 3 aromatic rings. The maximum absolute atomic E-state index is 13.8. The zero-order valence-electron chi connectivity index (χ0n) is 10.5. The first kappa shape index (κ1) is 13.1. The van der Waals surface area contributed by atoms with Crippen molar-refractivity contribution in [2.24, 2.45) is 0 Å². The number of benzene rings is 2. The van der Waals surface area contributed by atoms with E-state index in [2.05, 4.69) is 15.5 Å². The van der Waals surface area contributed by atoms with Gasteiger partial charge in [-0.1, -0.05) is 0 Å². The van der Waals surface area contributed by atoms with E-state index >= 15 is 0 Å². The molecule has 0 aliphatic heterocycles. The minimum Gasteiger partial charge on any atom is -0.396 e. The lowest BCUT2D eigenvalue weighted by Crippen LogP contribution is -2.03. The van der Waals surface area contributed by atoms with Crippen LogP contribution in [-0.4, -0.2) is 20.2 Å². The molecular weight excluding hydrogens is 283 g/mol. The molecule has 21 heavy (non-hydrogen) atoms. The quantitative estimate of drug-likeness (QED) is 0.736. The Hall–Kier alpha value is -2.90. The molecule has 0 amide bonds. The van der Waals surface area contributed by atoms with Crippen molar-refractivity contribution in [1.29, 1.82) is 0 Å². The summed E-state index contributed by atoms with van der Waals surface area (Å²) in [5.74, 6) is -2.08. The fourth-order valence-electron chi connectivity index (χ4n) is 1.85. The lowest BCUT2D eigenvalue weighted by Gasteiger charge is -2.06. The lowest BCUT2D eigenvalue weighted by molar-refractivity contribution is 0.572. The van der Waals surface area contributed by atoms with Gasteiger partial charge in [0.15, 0.2) is 11.6 Å². The summed E-state index contributed by atoms with van der Waals surface area (Å²) in [5, 5.41) is 10.8. The third-order valence-corrected chi connectivity index (χ3v) is 2.87. The van der Waals surface area contributed by atoms with E-state index in [4.69, 9.17) is 5.73 Å². The van der Waals surface area contributed by atoms with Crippen LogP contribution in [0.2, 0.25) is 0 Å². The summed E-state index contributed by atoms with van der Waals surface area (Å²) in [6.07, 6.45) is 0. The highest BCUT2D eigenvalue weighted by atomic mass is 19.1. The van der Waals surface area contributed by atoms with Crippen molar-refractivity contribution in [3.05, 3.63) is 53.8 Å². The number of nitrogen functional groups attached to an aromatic ring is 1. The molecule has 0 aliphatic carbocycles. The van der Waals surface area contributed by atoms with E-state index in [0.29, 0.717) is 11.6 Å². The first-order valence-electron chi connectivity index (χ1n) is 5.85. The van der Waals surface area contributed by atoms with Crippen LogP contribution in [0.5, 0.6) is 0 Å². The monoisotopic (exact) mass is 291 g/mol. The van der Waals surface area contributed by atoms with Crippen LogP contribution in [0, 0.1) is 17.5 Å². The Balaban J connectivity index is 2.14. The first-order valence-corrected chi connectivity index (χ1v) is 5.85. The van der Waals surface area contributed by atoms with Crippen molar-refractivity contribution in [1.82, 2.24) is 20.2 Å². The maximum Gasteiger partial charge on any atom is 0.187 e. The lowest BCUT2D eigenvalue weighted by atomic mass is 10.2. The zero-order chi connectivity index (χ0) is 15.0. The van der Waals surface area contributed by atoms with Crippen molar-refractivity contribution in [3.63, 3.8) is 0 Å². The minimum atomic E-state index is -0.834. The number of halogens is 3. The summed E-state index contributed by atoms with van der Waals surface area (Å²) in [4.78, 5) is 0. The summed E-state index contributed by atoms with van der Waals surface area (Å²) in [5.41, 5.74) is 5.64. The fraction of sp³-hybridized carbons (Fsp3) is 0. The Morgan fingerprint density at radius 3 is 2.48 bits per heavy atom. The van der Waals surface area contributed by atoms with Gasteiger partial charge in [0.25, 0.3) is 0 Å². The van der Waals surface area contributed by atoms with Crippen LogP contribution in [0.25, 0.3) is 17.1 Å². The summed E-state index contributed by atoms with van der Waals surface area (Å²) in [6.45, 7) is 0. The minimum absolute atomic E-state index is 0.0225. The molecule has 0 saturated carbocycles. The molecule has 106 valence electrons. The molecule has 3 rings (SSSR count). The van der Waals surface area contributed by atoms with Gasteiger partial charge in [0, 0.05) is 11.6 Å². The molecular formula is C13H8F3N5. The second-order valence-corrected chi connectivity index (χ2v) is 4.25. The van der Waals surface area contributed by atoms with Gasteiger partial charge in [-0.25, -0.2) is 13.2 Å². The molecule has 0 radical (unpaired) electrons. The van der Waals surface area contributed by atoms with E-state index in [1.807, 2.05) is 0 Å². The molecule has 2 aromatic carbocycles. The second-order valence-electron chi connectivity index (χ2n) is 4.25. The second kappa shape index (κ2) is 4.89. The highest BCUT2D eigenvalue weighted by molar-refractivity contribution is 5.61. The Morgan fingerprint density at radius 1 is 0.952 bits per heavy atom. The highest BCUT2D eigenvalue weighted by Crippen LogP contribution is 2.24. The third-order valence-electron chi connectivity index (χ3n) is 2.87. The largest absolute Gasteiger partial charge is 0.396 e. The van der Waals surface area contributed by atoms with Crippen LogP contribution in [0.1, 0.15) is 0 Å². The van der Waals surface area contributed by atoms with Gasteiger partial charge < -0.3 is 5.73 Å². The van der Waals surface area contributed by atoms with Gasteiger partial charge in [-0.3, -0.25) is 0 Å². The average molecular weight is 291 g/mol. The number of tetrazole rings is 1. The van der Waals surface area contributed by atoms with Gasteiger partial charge >= 0.3 is 0 Å². The number of hydrogen-bond acceptors (Lipinski definition) is 4. The molecule has 2 N–H and O–H groups in total. The normalized spacial score (nSPS) is 10.8. The van der Waals surface area contributed by atoms with Gasteiger partial charge in [0.2, 0.25) is 0 Å². The number of hydrogen-bond donors (Lipinski definition) is 1. The van der Waals surface area contributed by atoms with Crippen LogP contribution in [0.3, 0.4) is 0 Å². The Kier molecular flexibility index (Phi) is 3.05. The van der Waals surface area contributed by atoms with E-state index in [1.54, 1.807) is 0 Å². The topological polar surface area (TPSA) is 69.6 Å². The molecule has 1 heterocycles. The van der Waals surface area contributed by atoms with Crippen molar-refractivity contribution < 1.29 is 13.2 Å². The van der Waals surface area contributed by atoms with E-state index < -0.39 is 17.5 Å². The predicted molar refractivity (Wildman–Crippen MR) is 68.9 cm³/mol. The van der Waals surface area contributed by atoms with Gasteiger partial charge in [0.05, 0.1) is 5.69 Å². The number of rotatable bonds is 2. The standard InChI is InChI=1S/C13H8F3N5/c14-8-2-4-12(10(16)6-8)21-13(18-19-20-21)7-1-3-11(17)9(15)5-7/h1-6H,17H2. The van der Waals surface area contributed by atoms with Gasteiger partial charge in [0.1, 0.15) is 17.3 Å². The molecule has 8 heteroatoms. The molecule has 0 unspecified atom stereocenters. The molecule has 0 spiro atoms. The van der Waals surface area contributed by atoms with Crippen molar-refractivity contribution in [2.75, 3.05) is 5.73 Å². The number of aromatic nitrogens is 4. The van der Waals surface area contributed by atoms with Crippen LogP contribution in [0.15, 0.2) is 36.4 Å². The molecule has 0 fully saturated rings. The Morgan fingerprint density at radius 2 is 1.76 bits per heavy atom. The van der Waals surface area contributed by atoms with Crippen molar-refractivity contribution in [3.8, 4) is 17.1 Å². The number of nitrogens with two attached hydrogens (primary N) is 1. The van der Waals surface area contributed by atoms with E-state index in [-0.39, 0.29) is 17.2 Å². The van der Waals surface area contributed by atoms with Crippen LogP contribution in [0.4, 0.5) is 18.9 Å². The number of anilines is 1. The molecule has 5 nitrogen and oxygen atoms in total. The highest BCUT2D eigenvalue weighted by Gasteiger charge is 2.15. The molecule has 0 bridgehead atoms. The van der Waals surface area contributed by atoms with Crippen LogP contribution in [-0.2, 0) is 0 Å². The van der Waals surface area contributed by atoms with Crippen molar-refractivity contribution >= 4 is 5.69 Å². The molecule has 0 saturated heterocycles. The summed E-state index contributed by atoms with van der Waals surface area (Å²) < 4.78 is 41.3. The summed E-state index contributed by atoms with van der Waals surface area (Å²) >= 11 is 0. The van der Waals surface area contributed by atoms with Crippen LogP contribution < -0.4 is 5.73 Å². The SMILES string of the molecule is Nc1ccc(-c2nnnn2-c2ccc(F)cc2F)cc1F. The molecule has 0 aliphatic rings. The predicted octanol–water partition coefficient (Wildman–Crippen LogP) is 2.33. The zero-order valence-corrected chi connectivity index (χ0v) is 10.5. The van der Waals surface area contributed by atoms with Crippen LogP contribution >= 0.6 is 0 Å². The van der Waals surface area contributed by atoms with Gasteiger partial charge in [-0.05, 0) is 40.8 Å². The molecule has 1 aromatic heterocycles. The summed E-state index contributed by atoms with van der Waals surface area (Å²) in [7, 11) is 0. The first-order chi connectivity index (χ1) is 10.1. The van der Waals surface area contributed by atoms with E-state index in [1.165, 1.54) is 18.2 Å². The third kappa shape index (κ3) is 2.31. The van der Waals surface area contributed by atoms with E-state index in [9.17, 15) is 13.2 Å². The molecule has 0 atom stereocenters. The van der Waals surface area contributed by atoms with Gasteiger partial charge in [-0.2, -0.15) is 4.68 Å².